The van der Waals surface area contributed by atoms with Crippen LogP contribution in [0.4, 0.5) is 0 Å². The van der Waals surface area contributed by atoms with E-state index < -0.39 is 0 Å². The Morgan fingerprint density at radius 1 is 0.784 bits per heavy atom. The Morgan fingerprint density at radius 3 is 1.76 bits per heavy atom. The summed E-state index contributed by atoms with van der Waals surface area (Å²) in [7, 11) is 0. The summed E-state index contributed by atoms with van der Waals surface area (Å²) in [5.74, 6) is 1.41. The monoisotopic (exact) mass is 737 g/mol. The van der Waals surface area contributed by atoms with Gasteiger partial charge in [0, 0.05) is 13.3 Å². The van der Waals surface area contributed by atoms with Gasteiger partial charge in [-0.15, -0.1) is 22.7 Å². The van der Waals surface area contributed by atoms with E-state index in [-0.39, 0.29) is 12.5 Å². The quantitative estimate of drug-likeness (QED) is 0.170. The largest absolute Gasteiger partial charge is 0.268 e. The fourth-order valence-corrected chi connectivity index (χ4v) is 7.18. The molecule has 11 heteroatoms. The zero-order valence-corrected chi connectivity index (χ0v) is 25.6. The number of hydrogen-bond acceptors (Lipinski definition) is 6. The summed E-state index contributed by atoms with van der Waals surface area (Å²) >= 11 is 13.1. The summed E-state index contributed by atoms with van der Waals surface area (Å²) in [4.78, 5) is 35.7. The number of hydrogen-bond donors (Lipinski definition) is 0. The SMILES string of the molecule is Cc1nc2sc(Br)cc2c(=O)n1-c1ccccc1.O=c1c2cc(Br)sc2nc(CBr)n1-c1ccccc1.[2HH].[2H][2H].[2H][2H].[2H][2H].[2H][2H]. The van der Waals surface area contributed by atoms with Crippen molar-refractivity contribution >= 4 is 90.9 Å². The smallest absolute Gasteiger partial charge is 0.266 e. The van der Waals surface area contributed by atoms with Crippen LogP contribution in [0.3, 0.4) is 0 Å². The van der Waals surface area contributed by atoms with Gasteiger partial charge < -0.3 is 0 Å². The Kier molecular flexibility index (Phi) is 6.46. The van der Waals surface area contributed by atoms with Gasteiger partial charge in [-0.1, -0.05) is 52.3 Å². The Morgan fingerprint density at radius 2 is 1.24 bits per heavy atom. The average molecular weight is 740 g/mol. The van der Waals surface area contributed by atoms with Gasteiger partial charge in [0.25, 0.3) is 11.1 Å². The third-order valence-corrected chi connectivity index (χ3v) is 9.02. The third-order valence-electron chi connectivity index (χ3n) is 5.46. The number of halogens is 3. The van der Waals surface area contributed by atoms with E-state index in [2.05, 4.69) is 57.8 Å². The average Bonchev–Trinajstić information content (AvgIpc) is 3.67. The normalized spacial score (nSPS) is 11.9. The molecule has 37 heavy (non-hydrogen) atoms. The zero-order valence-electron chi connectivity index (χ0n) is 27.2. The number of alkyl halides is 1. The number of para-hydroxylation sites is 2. The van der Waals surface area contributed by atoms with Gasteiger partial charge in [-0.2, -0.15) is 0 Å². The van der Waals surface area contributed by atoms with Gasteiger partial charge in [0.15, 0.2) is 0 Å². The van der Waals surface area contributed by atoms with Crippen LogP contribution in [0.5, 0.6) is 0 Å². The molecule has 196 valence electrons. The van der Waals surface area contributed by atoms with Crippen molar-refractivity contribution in [2.75, 3.05) is 0 Å². The molecule has 0 bridgehead atoms. The van der Waals surface area contributed by atoms with Crippen molar-refractivity contribution in [3.8, 4) is 11.4 Å². The van der Waals surface area contributed by atoms with Crippen molar-refractivity contribution < 1.29 is 13.3 Å². The van der Waals surface area contributed by atoms with Crippen LogP contribution in [-0.4, -0.2) is 19.1 Å². The second kappa shape index (κ2) is 11.1. The van der Waals surface area contributed by atoms with Gasteiger partial charge in [0.05, 0.1) is 35.1 Å². The first-order chi connectivity index (χ1) is 21.9. The molecule has 0 aliphatic rings. The van der Waals surface area contributed by atoms with Crippen LogP contribution in [0, 0.1) is 6.92 Å². The molecule has 6 rings (SSSR count). The number of thiophene rings is 2. The maximum Gasteiger partial charge on any atom is 0.266 e. The molecule has 0 atom stereocenters. The molecule has 0 unspecified atom stereocenters. The van der Waals surface area contributed by atoms with Gasteiger partial charge in [0.1, 0.15) is 21.3 Å². The summed E-state index contributed by atoms with van der Waals surface area (Å²) < 4.78 is 45.1. The number of aryl methyl sites for hydroxylation is 1. The molecule has 0 fully saturated rings. The Labute approximate surface area is 258 Å². The third kappa shape index (κ3) is 5.28. The summed E-state index contributed by atoms with van der Waals surface area (Å²) in [6.45, 7) is 1.85. The number of fused-ring (bicyclic) bond motifs is 2. The van der Waals surface area contributed by atoms with Gasteiger partial charge in [-0.05, 0) is 75.2 Å². The molecule has 6 nitrogen and oxygen atoms in total. The highest BCUT2D eigenvalue weighted by atomic mass is 79.9. The summed E-state index contributed by atoms with van der Waals surface area (Å²) in [6.07, 6.45) is 0. The highest BCUT2D eigenvalue weighted by molar-refractivity contribution is 9.11. The second-order valence-electron chi connectivity index (χ2n) is 7.81. The summed E-state index contributed by atoms with van der Waals surface area (Å²) in [5.41, 5.74) is 1.62. The summed E-state index contributed by atoms with van der Waals surface area (Å²) in [6, 6.07) is 22.8. The molecule has 0 saturated carbocycles. The lowest BCUT2D eigenvalue weighted by molar-refractivity contribution is 0.890. The van der Waals surface area contributed by atoms with E-state index in [4.69, 9.17) is 11.9 Å². The van der Waals surface area contributed by atoms with Crippen LogP contribution < -0.4 is 11.1 Å². The van der Waals surface area contributed by atoms with Crippen molar-refractivity contribution in [2.24, 2.45) is 0 Å². The maximum atomic E-state index is 12.6. The van der Waals surface area contributed by atoms with Gasteiger partial charge in [0.2, 0.25) is 0 Å². The number of nitrogens with zero attached hydrogens (tertiary/aromatic N) is 4. The molecule has 0 aliphatic carbocycles. The van der Waals surface area contributed by atoms with E-state index >= 15 is 0 Å². The standard InChI is InChI=1S/C13H8Br2N2OS.C13H9BrN2OS.5H2/c14-7-11-16-12-9(6-10(15)19-12)13(18)17(11)8-4-2-1-3-5-8;1-8-15-12-10(7-11(14)18-12)13(17)16(8)9-5-3-2-4-6-9;;;;;/h1-6H,7H2;2-7H,1H3;5*1H/i;;4*1+1D;1+1. The first-order valence-electron chi connectivity index (χ1n) is 14.9. The fourth-order valence-electron chi connectivity index (χ4n) is 3.86. The molecule has 2 aromatic carbocycles. The summed E-state index contributed by atoms with van der Waals surface area (Å²) in [5, 5.41) is 1.83. The van der Waals surface area contributed by atoms with Gasteiger partial charge in [-0.3, -0.25) is 18.7 Å². The van der Waals surface area contributed by atoms with E-state index in [0.717, 1.165) is 28.6 Å². The molecule has 0 amide bonds. The Bertz CT molecular complexity index is 1880. The van der Waals surface area contributed by atoms with Gasteiger partial charge in [-0.25, -0.2) is 9.97 Å². The van der Waals surface area contributed by atoms with Crippen molar-refractivity contribution in [2.45, 2.75) is 12.3 Å². The van der Waals surface area contributed by atoms with E-state index in [1.54, 1.807) is 9.13 Å². The van der Waals surface area contributed by atoms with Crippen molar-refractivity contribution in [1.29, 1.82) is 0 Å². The second-order valence-corrected chi connectivity index (χ2v) is 13.2. The Balaban J connectivity index is 0.000000712. The lowest BCUT2D eigenvalue weighted by atomic mass is 10.3. The van der Waals surface area contributed by atoms with Crippen molar-refractivity contribution in [3.05, 3.63) is 113 Å². The molecular weight excluding hydrogens is 704 g/mol. The van der Waals surface area contributed by atoms with E-state index in [9.17, 15) is 9.59 Å². The van der Waals surface area contributed by atoms with Crippen LogP contribution >= 0.6 is 70.5 Å². The number of aromatic nitrogens is 4. The highest BCUT2D eigenvalue weighted by Crippen LogP contribution is 2.28. The zero-order chi connectivity index (χ0) is 34.1. The van der Waals surface area contributed by atoms with Crippen LogP contribution in [0.1, 0.15) is 25.0 Å². The highest BCUT2D eigenvalue weighted by Gasteiger charge is 2.14. The predicted octanol–water partition coefficient (Wildman–Crippen LogP) is 8.85. The van der Waals surface area contributed by atoms with Crippen LogP contribution in [0.15, 0.2) is 90.0 Å². The maximum absolute atomic E-state index is 12.6. The van der Waals surface area contributed by atoms with E-state index in [0.29, 0.717) is 27.8 Å². The predicted molar refractivity (Wildman–Crippen MR) is 174 cm³/mol. The molecule has 0 N–H and O–H groups in total. The van der Waals surface area contributed by atoms with Gasteiger partial charge >= 0.3 is 0 Å². The molecular formula is C26H27Br3N4O2S2. The van der Waals surface area contributed by atoms with Crippen LogP contribution in [0.25, 0.3) is 31.8 Å². The number of benzene rings is 2. The van der Waals surface area contributed by atoms with Crippen LogP contribution in [0.2, 0.25) is 0 Å². The van der Waals surface area contributed by atoms with Crippen LogP contribution in [-0.2, 0) is 5.33 Å². The minimum Gasteiger partial charge on any atom is -0.268 e. The molecule has 0 aliphatic heterocycles. The van der Waals surface area contributed by atoms with E-state index in [1.807, 2.05) is 79.7 Å². The molecule has 4 aromatic heterocycles. The van der Waals surface area contributed by atoms with Crippen molar-refractivity contribution in [3.63, 3.8) is 0 Å². The minimum atomic E-state index is -0.0346. The first kappa shape index (κ1) is 21.5. The Hall–Kier alpha value is -2.44. The molecule has 0 saturated heterocycles. The topological polar surface area (TPSA) is 69.8 Å². The molecule has 4 heterocycles. The molecule has 0 spiro atoms. The lowest BCUT2D eigenvalue weighted by Crippen LogP contribution is -2.22. The fraction of sp³-hybridized carbons (Fsp3) is 0.0769. The molecule has 6 aromatic rings. The minimum absolute atomic E-state index is 0. The lowest BCUT2D eigenvalue weighted by Gasteiger charge is -2.10. The first-order valence-corrected chi connectivity index (χ1v) is 15.3. The number of rotatable bonds is 3. The van der Waals surface area contributed by atoms with Crippen molar-refractivity contribution in [1.82, 2.24) is 19.1 Å². The van der Waals surface area contributed by atoms with E-state index in [1.165, 1.54) is 22.7 Å². The molecule has 0 radical (unpaired) electrons.